The van der Waals surface area contributed by atoms with Gasteiger partial charge in [0.15, 0.2) is 0 Å². The Hall–Kier alpha value is -1.59. The Morgan fingerprint density at radius 2 is 1.09 bits per heavy atom. The topological polar surface area (TPSA) is 12.0 Å². The van der Waals surface area contributed by atoms with Gasteiger partial charge in [-0.15, -0.1) is 0 Å². The number of benzene rings is 3. The van der Waals surface area contributed by atoms with E-state index in [2.05, 4.69) is 113 Å². The number of anilines is 1. The molecular formula is C20H20NPSe. The van der Waals surface area contributed by atoms with Gasteiger partial charge >= 0.3 is 146 Å². The van der Waals surface area contributed by atoms with Gasteiger partial charge in [-0.05, 0) is 0 Å². The van der Waals surface area contributed by atoms with Crippen molar-refractivity contribution in [2.75, 3.05) is 5.09 Å². The second-order valence-electron chi connectivity index (χ2n) is 5.66. The fraction of sp³-hybridized carbons (Fsp3) is 0.100. The molecular weight excluding hydrogens is 364 g/mol. The zero-order chi connectivity index (χ0) is 16.3. The molecule has 0 saturated carbocycles. The van der Waals surface area contributed by atoms with E-state index < -0.39 is 5.66 Å². The van der Waals surface area contributed by atoms with Crippen LogP contribution in [0.25, 0.3) is 0 Å². The molecule has 3 rings (SSSR count). The standard InChI is InChI=1S/C20H20NPSe/c1-16-10-9-11-17(2)20(16)21-22(23,18-12-5-3-6-13-18)19-14-7-4-8-15-19/h3-15H,1-2H3,(H,21,23). The number of hydrogen-bond donors (Lipinski definition) is 1. The summed E-state index contributed by atoms with van der Waals surface area (Å²) in [5.41, 5.74) is 1.95. The van der Waals surface area contributed by atoms with Gasteiger partial charge in [0.05, 0.1) is 0 Å². The molecule has 116 valence electrons. The predicted molar refractivity (Wildman–Crippen MR) is 104 cm³/mol. The number of rotatable bonds is 4. The number of nitrogens with one attached hydrogen (secondary N) is 1. The molecule has 0 aliphatic rings. The van der Waals surface area contributed by atoms with Gasteiger partial charge in [-0.1, -0.05) is 0 Å². The molecule has 0 radical (unpaired) electrons. The normalized spacial score (nSPS) is 11.2. The van der Waals surface area contributed by atoms with Gasteiger partial charge in [0.2, 0.25) is 0 Å². The summed E-state index contributed by atoms with van der Waals surface area (Å²) >= 11 is 3.53. The van der Waals surface area contributed by atoms with Crippen molar-refractivity contribution in [2.45, 2.75) is 13.8 Å². The van der Waals surface area contributed by atoms with Gasteiger partial charge < -0.3 is 0 Å². The fourth-order valence-corrected chi connectivity index (χ4v) is 7.22. The van der Waals surface area contributed by atoms with Crippen LogP contribution in [0, 0.1) is 13.8 Å². The van der Waals surface area contributed by atoms with E-state index in [4.69, 9.17) is 0 Å². The van der Waals surface area contributed by atoms with Crippen LogP contribution in [0.15, 0.2) is 78.9 Å². The van der Waals surface area contributed by atoms with Crippen LogP contribution in [0.5, 0.6) is 0 Å². The van der Waals surface area contributed by atoms with Gasteiger partial charge in [0.25, 0.3) is 0 Å². The molecule has 0 saturated heterocycles. The molecule has 1 nitrogen and oxygen atoms in total. The number of para-hydroxylation sites is 1. The summed E-state index contributed by atoms with van der Waals surface area (Å²) in [5.74, 6) is 0. The maximum absolute atomic E-state index is 3.88. The molecule has 0 heterocycles. The van der Waals surface area contributed by atoms with E-state index in [-0.39, 0.29) is 0 Å². The molecule has 0 atom stereocenters. The van der Waals surface area contributed by atoms with E-state index >= 15 is 0 Å². The van der Waals surface area contributed by atoms with E-state index in [9.17, 15) is 0 Å². The van der Waals surface area contributed by atoms with Crippen molar-refractivity contribution < 1.29 is 0 Å². The van der Waals surface area contributed by atoms with Crippen LogP contribution in [0.3, 0.4) is 0 Å². The Kier molecular flexibility index (Phi) is 4.87. The van der Waals surface area contributed by atoms with Crippen LogP contribution in [0.4, 0.5) is 5.69 Å². The molecule has 3 aromatic rings. The van der Waals surface area contributed by atoms with E-state index in [1.807, 2.05) is 0 Å². The Morgan fingerprint density at radius 1 is 0.652 bits per heavy atom. The van der Waals surface area contributed by atoms with Crippen molar-refractivity contribution in [1.29, 1.82) is 0 Å². The number of aryl methyl sites for hydroxylation is 2. The van der Waals surface area contributed by atoms with Crippen LogP contribution < -0.4 is 15.7 Å². The molecule has 0 fully saturated rings. The number of hydrogen-bond acceptors (Lipinski definition) is 1. The third kappa shape index (κ3) is 3.35. The minimum atomic E-state index is -1.82. The average Bonchev–Trinajstić information content (AvgIpc) is 2.60. The molecule has 0 aliphatic carbocycles. The molecule has 0 amide bonds. The van der Waals surface area contributed by atoms with Crippen LogP contribution in [0.2, 0.25) is 0 Å². The molecule has 1 N–H and O–H groups in total. The zero-order valence-electron chi connectivity index (χ0n) is 13.4. The molecule has 0 aliphatic heterocycles. The SMILES string of the molecule is Cc1cccc(C)c1NP(=[Se])(c1ccccc1)c1ccccc1. The average molecular weight is 384 g/mol. The maximum atomic E-state index is 3.88. The van der Waals surface area contributed by atoms with Gasteiger partial charge in [0.1, 0.15) is 0 Å². The summed E-state index contributed by atoms with van der Waals surface area (Å²) in [4.78, 5) is 0. The Bertz CT molecular complexity index is 780. The van der Waals surface area contributed by atoms with Crippen molar-refractivity contribution in [1.82, 2.24) is 0 Å². The molecule has 3 heteroatoms. The molecule has 3 aromatic carbocycles. The molecule has 23 heavy (non-hydrogen) atoms. The third-order valence-electron chi connectivity index (χ3n) is 3.99. The quantitative estimate of drug-likeness (QED) is 0.520. The molecule has 0 aromatic heterocycles. The summed E-state index contributed by atoms with van der Waals surface area (Å²) in [6, 6.07) is 27.8. The summed E-state index contributed by atoms with van der Waals surface area (Å²) in [7, 11) is 0. The fourth-order valence-electron chi connectivity index (χ4n) is 2.70. The first-order valence-corrected chi connectivity index (χ1v) is 11.7. The van der Waals surface area contributed by atoms with Gasteiger partial charge in [-0.2, -0.15) is 0 Å². The summed E-state index contributed by atoms with van der Waals surface area (Å²) in [6.07, 6.45) is 0. The predicted octanol–water partition coefficient (Wildman–Crippen LogP) is 4.38. The second kappa shape index (κ2) is 6.89. The summed E-state index contributed by atoms with van der Waals surface area (Å²) in [5, 5.41) is 6.51. The van der Waals surface area contributed by atoms with Gasteiger partial charge in [-0.25, -0.2) is 0 Å². The summed E-state index contributed by atoms with van der Waals surface area (Å²) in [6.45, 7) is 4.32. The first kappa shape index (κ1) is 16.3. The van der Waals surface area contributed by atoms with E-state index in [0.717, 1.165) is 0 Å². The van der Waals surface area contributed by atoms with Crippen molar-refractivity contribution in [3.63, 3.8) is 0 Å². The first-order valence-electron chi connectivity index (χ1n) is 7.67. The Balaban J connectivity index is 2.16. The van der Waals surface area contributed by atoms with Crippen LogP contribution in [-0.4, -0.2) is 15.1 Å². The molecule has 0 unspecified atom stereocenters. The Morgan fingerprint density at radius 3 is 1.52 bits per heavy atom. The van der Waals surface area contributed by atoms with Crippen molar-refractivity contribution in [3.05, 3.63) is 90.0 Å². The third-order valence-corrected chi connectivity index (χ3v) is 9.81. The van der Waals surface area contributed by atoms with E-state index in [0.29, 0.717) is 0 Å². The van der Waals surface area contributed by atoms with E-state index in [1.54, 1.807) is 0 Å². The first-order chi connectivity index (χ1) is 11.1. The molecule has 0 spiro atoms. The van der Waals surface area contributed by atoms with Gasteiger partial charge in [0, 0.05) is 0 Å². The zero-order valence-corrected chi connectivity index (χ0v) is 16.0. The monoisotopic (exact) mass is 385 g/mol. The van der Waals surface area contributed by atoms with E-state index in [1.165, 1.54) is 27.4 Å². The van der Waals surface area contributed by atoms with Crippen LogP contribution in [0.1, 0.15) is 11.1 Å². The van der Waals surface area contributed by atoms with Crippen LogP contribution >= 0.6 is 5.66 Å². The van der Waals surface area contributed by atoms with Gasteiger partial charge in [-0.3, -0.25) is 0 Å². The minimum absolute atomic E-state index is 1.23. The molecule has 0 bridgehead atoms. The van der Waals surface area contributed by atoms with Crippen molar-refractivity contribution in [3.8, 4) is 0 Å². The second-order valence-corrected chi connectivity index (χ2v) is 11.6. The summed E-state index contributed by atoms with van der Waals surface area (Å²) < 4.78 is 0. The van der Waals surface area contributed by atoms with Crippen molar-refractivity contribution >= 4 is 37.1 Å². The van der Waals surface area contributed by atoms with Crippen LogP contribution in [-0.2, 0) is 0 Å². The Labute approximate surface area is 146 Å². The van der Waals surface area contributed by atoms with Crippen molar-refractivity contribution in [2.24, 2.45) is 0 Å².